The molecule has 0 bridgehead atoms. The molecule has 0 aromatic heterocycles. The third kappa shape index (κ3) is 337. The van der Waals surface area contributed by atoms with Gasteiger partial charge in [-0.3, -0.25) is 0 Å². The summed E-state index contributed by atoms with van der Waals surface area (Å²) in [5, 5.41) is 6.75. The molecular weight excluding hydrogens is 324 g/mol. The third-order valence-corrected chi connectivity index (χ3v) is 0. The van der Waals surface area contributed by atoms with Crippen molar-refractivity contribution in [1.82, 2.24) is 0 Å². The first kappa shape index (κ1) is 67.6. The standard InChI is InChI=1S/CH3O.Au.ClH.4H2O/c1-2;;;;;;/h2H,1H2;;1H;4*1H2/q-1;+1;;;;;/p-1. The van der Waals surface area contributed by atoms with E-state index in [0.29, 0.717) is 0 Å². The molecule has 0 rings (SSSR count). The van der Waals surface area contributed by atoms with Crippen molar-refractivity contribution in [3.8, 4) is 0 Å². The maximum absolute atomic E-state index is 6.75. The zero-order valence-corrected chi connectivity index (χ0v) is 6.76. The Labute approximate surface area is 63.6 Å². The van der Waals surface area contributed by atoms with E-state index in [1.165, 1.54) is 0 Å². The van der Waals surface area contributed by atoms with Crippen LogP contribution in [0.15, 0.2) is 0 Å². The number of hydrogen-bond acceptors (Lipinski definition) is 1. The van der Waals surface area contributed by atoms with Crippen LogP contribution < -0.4 is 0 Å². The molecule has 7 heteroatoms. The minimum atomic E-state index is 0. The zero-order valence-electron chi connectivity index (χ0n) is 3.83. The van der Waals surface area contributed by atoms with Crippen LogP contribution in [0.4, 0.5) is 0 Å². The van der Waals surface area contributed by atoms with Gasteiger partial charge in [0.05, 0.1) is 0 Å². The van der Waals surface area contributed by atoms with Crippen molar-refractivity contribution >= 4 is 9.19 Å². The second kappa shape index (κ2) is 530. The van der Waals surface area contributed by atoms with Crippen LogP contribution in [-0.2, 0) is 20.0 Å². The summed E-state index contributed by atoms with van der Waals surface area (Å²) in [6.45, 7) is 0. The summed E-state index contributed by atoms with van der Waals surface area (Å²) in [4.78, 5) is 0. The first-order valence-corrected chi connectivity index (χ1v) is 3.11. The van der Waals surface area contributed by atoms with Crippen molar-refractivity contribution in [3.05, 3.63) is 7.11 Å². The molecule has 0 saturated heterocycles. The van der Waals surface area contributed by atoms with Crippen molar-refractivity contribution in [3.63, 3.8) is 0 Å². The van der Waals surface area contributed by atoms with Gasteiger partial charge in [0.2, 0.25) is 0 Å². The maximum atomic E-state index is 6.75. The van der Waals surface area contributed by atoms with Crippen LogP contribution in [0.5, 0.6) is 0 Å². The summed E-state index contributed by atoms with van der Waals surface area (Å²) in [5.41, 5.74) is 0. The Kier molecular flexibility index (Phi) is 4480. The van der Waals surface area contributed by atoms with Gasteiger partial charge in [-0.15, -0.1) is 0 Å². The summed E-state index contributed by atoms with van der Waals surface area (Å²) >= 11 is 1.75. The predicted octanol–water partition coefficient (Wildman–Crippen LogP) is -2.46. The number of aliphatic hydroxyl groups is 1. The Hall–Kier alpha value is 0.830. The van der Waals surface area contributed by atoms with Gasteiger partial charge in [-0.1, -0.05) is 0 Å². The van der Waals surface area contributed by atoms with E-state index in [2.05, 4.69) is 16.3 Å². The normalized spacial score (nSPS) is 1.62. The molecule has 0 saturated carbocycles. The molecule has 0 unspecified atom stereocenters. The molecule has 0 spiro atoms. The Bertz CT molecular complexity index is 12.4. The van der Waals surface area contributed by atoms with Crippen LogP contribution in [0.25, 0.3) is 0 Å². The third-order valence-electron chi connectivity index (χ3n) is 0. The summed E-state index contributed by atoms with van der Waals surface area (Å²) < 4.78 is 0. The van der Waals surface area contributed by atoms with E-state index in [0.717, 1.165) is 0 Å². The molecule has 0 amide bonds. The molecule has 5 nitrogen and oxygen atoms in total. The Balaban J connectivity index is -0.00000000167. The van der Waals surface area contributed by atoms with Gasteiger partial charge in [-0.05, 0) is 0 Å². The van der Waals surface area contributed by atoms with Crippen LogP contribution in [0.3, 0.4) is 0 Å². The van der Waals surface area contributed by atoms with E-state index in [1.807, 2.05) is 0 Å². The minimum absolute atomic E-state index is 0. The predicted molar refractivity (Wildman–Crippen MR) is 27.6 cm³/mol. The zero-order chi connectivity index (χ0) is 4.00. The van der Waals surface area contributed by atoms with Crippen molar-refractivity contribution in [1.29, 1.82) is 0 Å². The second-order valence-corrected chi connectivity index (χ2v) is 0. The molecule has 64 valence electrons. The summed E-state index contributed by atoms with van der Waals surface area (Å²) in [5.74, 6) is 0. The molecule has 0 aliphatic rings. The molecule has 0 aliphatic carbocycles. The van der Waals surface area contributed by atoms with Crippen LogP contribution in [0.2, 0.25) is 0 Å². The molecule has 0 fully saturated rings. The first-order valence-electron chi connectivity index (χ1n) is 0.430. The molecular formula is CH11AuClO5-. The van der Waals surface area contributed by atoms with Crippen molar-refractivity contribution < 1.29 is 47.0 Å². The molecule has 0 heterocycles. The molecule has 0 aromatic carbocycles. The van der Waals surface area contributed by atoms with Gasteiger partial charge < -0.3 is 27.0 Å². The number of halogens is 1. The average molecular weight is 336 g/mol. The number of hydrogen-bond donors (Lipinski definition) is 1. The van der Waals surface area contributed by atoms with Gasteiger partial charge in [0, 0.05) is 0 Å². The van der Waals surface area contributed by atoms with Crippen LogP contribution in [0, 0.1) is 7.11 Å². The molecule has 9 N–H and O–H groups in total. The Morgan fingerprint density at radius 2 is 0.875 bits per heavy atom. The monoisotopic (exact) mass is 335 g/mol. The van der Waals surface area contributed by atoms with Gasteiger partial charge in [0.25, 0.3) is 0 Å². The number of rotatable bonds is 0. The summed E-state index contributed by atoms with van der Waals surface area (Å²) in [7, 11) is 6.83. The topological polar surface area (TPSA) is 146 Å². The van der Waals surface area contributed by atoms with E-state index >= 15 is 0 Å². The molecule has 0 radical (unpaired) electrons. The van der Waals surface area contributed by atoms with Crippen molar-refractivity contribution in [2.75, 3.05) is 0 Å². The van der Waals surface area contributed by atoms with Crippen LogP contribution in [-0.4, -0.2) is 27.0 Å². The Morgan fingerprint density at radius 1 is 0.875 bits per heavy atom. The fourth-order valence-electron chi connectivity index (χ4n) is 0. The first-order chi connectivity index (χ1) is 2.00. The molecule has 8 heavy (non-hydrogen) atoms. The van der Waals surface area contributed by atoms with Crippen LogP contribution >= 0.6 is 9.19 Å². The number of aliphatic hydroxyl groups excluding tert-OH is 1. The van der Waals surface area contributed by atoms with Crippen molar-refractivity contribution in [2.45, 2.75) is 0 Å². The average Bonchev–Trinajstić information content (AvgIpc) is 1.50. The van der Waals surface area contributed by atoms with Gasteiger partial charge in [-0.2, -0.15) is 0 Å². The van der Waals surface area contributed by atoms with E-state index < -0.39 is 0 Å². The van der Waals surface area contributed by atoms with Gasteiger partial charge >= 0.3 is 29.2 Å². The van der Waals surface area contributed by atoms with Gasteiger partial charge in [-0.25, -0.2) is 7.11 Å². The molecule has 0 atom stereocenters. The fraction of sp³-hybridized carbons (Fsp3) is 0. The van der Waals surface area contributed by atoms with E-state index in [-0.39, 0.29) is 21.9 Å². The Morgan fingerprint density at radius 3 is 0.875 bits per heavy atom. The van der Waals surface area contributed by atoms with E-state index in [4.69, 9.17) is 5.11 Å². The molecule has 0 aromatic rings. The molecule has 0 aliphatic heterocycles. The van der Waals surface area contributed by atoms with Gasteiger partial charge in [0.15, 0.2) is 0 Å². The van der Waals surface area contributed by atoms with E-state index in [9.17, 15) is 0 Å². The summed E-state index contributed by atoms with van der Waals surface area (Å²) in [6.07, 6.45) is 0. The fourth-order valence-corrected chi connectivity index (χ4v) is 0. The second-order valence-electron chi connectivity index (χ2n) is 0. The quantitative estimate of drug-likeness (QED) is 0.379. The summed E-state index contributed by atoms with van der Waals surface area (Å²) in [6, 6.07) is 0. The SMILES string of the molecule is O.O.O.O.[CH2-]O.[Cl][Au]. The van der Waals surface area contributed by atoms with Gasteiger partial charge in [0.1, 0.15) is 0 Å². The van der Waals surface area contributed by atoms with Crippen LogP contribution in [0.1, 0.15) is 0 Å². The van der Waals surface area contributed by atoms with E-state index in [1.54, 1.807) is 20.0 Å². The van der Waals surface area contributed by atoms with Crippen molar-refractivity contribution in [2.24, 2.45) is 0 Å².